The van der Waals surface area contributed by atoms with Crippen molar-refractivity contribution in [2.24, 2.45) is 0 Å². The Morgan fingerprint density at radius 3 is 1.35 bits per heavy atom. The monoisotopic (exact) mass is 680 g/mol. The van der Waals surface area contributed by atoms with E-state index in [2.05, 4.69) is 29.9 Å². The molecular formula is C34H26Cl2N8O4. The lowest BCUT2D eigenvalue weighted by Crippen LogP contribution is -2.00. The quantitative estimate of drug-likeness (QED) is 0.148. The van der Waals surface area contributed by atoms with Gasteiger partial charge < -0.3 is 27.4 Å². The van der Waals surface area contributed by atoms with E-state index < -0.39 is 0 Å². The van der Waals surface area contributed by atoms with E-state index in [1.54, 1.807) is 51.5 Å². The van der Waals surface area contributed by atoms with Crippen LogP contribution in [0, 0.1) is 0 Å². The van der Waals surface area contributed by atoms with Gasteiger partial charge in [-0.05, 0) is 82.9 Å². The number of aromatic nitrogens is 8. The number of ether oxygens (including phenoxy) is 2. The molecular weight excluding hydrogens is 655 g/mol. The first kappa shape index (κ1) is 30.9. The summed E-state index contributed by atoms with van der Waals surface area (Å²) in [7, 11) is 3.29. The highest BCUT2D eigenvalue weighted by Gasteiger charge is 2.17. The van der Waals surface area contributed by atoms with E-state index in [0.717, 1.165) is 22.6 Å². The lowest BCUT2D eigenvalue weighted by atomic mass is 10.2. The summed E-state index contributed by atoms with van der Waals surface area (Å²) in [5.74, 6) is 2.86. The molecule has 0 aliphatic rings. The van der Waals surface area contributed by atoms with Crippen LogP contribution in [-0.2, 0) is 13.1 Å². The van der Waals surface area contributed by atoms with Gasteiger partial charge in [0, 0.05) is 0 Å². The second-order valence-electron chi connectivity index (χ2n) is 10.4. The minimum Gasteiger partial charge on any atom is -0.497 e. The molecule has 0 spiro atoms. The molecule has 0 fully saturated rings. The maximum Gasteiger partial charge on any atom is 0.225 e. The Morgan fingerprint density at radius 1 is 0.583 bits per heavy atom. The third-order valence-corrected chi connectivity index (χ3v) is 7.74. The van der Waals surface area contributed by atoms with Gasteiger partial charge in [-0.15, -0.1) is 0 Å². The maximum atomic E-state index is 6.09. The van der Waals surface area contributed by atoms with Crippen molar-refractivity contribution in [3.63, 3.8) is 0 Å². The Bertz CT molecular complexity index is 2120. The molecule has 14 heteroatoms. The van der Waals surface area contributed by atoms with E-state index in [9.17, 15) is 0 Å². The molecule has 0 atom stereocenters. The second kappa shape index (κ2) is 13.6. The summed E-state index contributed by atoms with van der Waals surface area (Å²) in [6, 6.07) is 22.9. The molecule has 8 rings (SSSR count). The highest BCUT2D eigenvalue weighted by atomic mass is 35.5. The SMILES string of the molecule is COc1ccc(Cn2cnc3c(-c4ccco4)nc(Cl)nc32)cc1.COc1ccc(Cn2cnc3c(-c4ccco4)nc(Cl)nc32)cc1. The van der Waals surface area contributed by atoms with E-state index in [0.29, 0.717) is 58.3 Å². The predicted octanol–water partition coefficient (Wildman–Crippen LogP) is 7.59. The van der Waals surface area contributed by atoms with Crippen molar-refractivity contribution >= 4 is 45.5 Å². The van der Waals surface area contributed by atoms with Gasteiger partial charge in [-0.25, -0.2) is 19.9 Å². The fraction of sp³-hybridized carbons (Fsp3) is 0.118. The summed E-state index contributed by atoms with van der Waals surface area (Å²) in [5.41, 5.74) is 6.01. The number of methoxy groups -OCH3 is 2. The maximum absolute atomic E-state index is 6.09. The molecule has 0 radical (unpaired) electrons. The number of fused-ring (bicyclic) bond motifs is 2. The molecule has 8 aromatic rings. The van der Waals surface area contributed by atoms with Gasteiger partial charge in [-0.1, -0.05) is 24.3 Å². The van der Waals surface area contributed by atoms with Gasteiger partial charge in [-0.2, -0.15) is 9.97 Å². The first-order chi connectivity index (χ1) is 23.5. The first-order valence-electron chi connectivity index (χ1n) is 14.6. The summed E-state index contributed by atoms with van der Waals surface area (Å²) in [5, 5.41) is 0.316. The highest BCUT2D eigenvalue weighted by Crippen LogP contribution is 2.28. The van der Waals surface area contributed by atoms with Gasteiger partial charge in [0.25, 0.3) is 0 Å². The van der Waals surface area contributed by atoms with Crippen LogP contribution in [-0.4, -0.2) is 53.3 Å². The Labute approximate surface area is 283 Å². The summed E-state index contributed by atoms with van der Waals surface area (Å²) >= 11 is 12.2. The van der Waals surface area contributed by atoms with Crippen LogP contribution in [0.5, 0.6) is 11.5 Å². The molecule has 0 saturated carbocycles. The number of nitrogens with zero attached hydrogens (tertiary/aromatic N) is 8. The molecule has 6 aromatic heterocycles. The molecule has 12 nitrogen and oxygen atoms in total. The highest BCUT2D eigenvalue weighted by molar-refractivity contribution is 6.29. The van der Waals surface area contributed by atoms with Gasteiger partial charge in [0.15, 0.2) is 22.8 Å². The largest absolute Gasteiger partial charge is 0.497 e. The molecule has 240 valence electrons. The van der Waals surface area contributed by atoms with Crippen molar-refractivity contribution in [1.82, 2.24) is 39.0 Å². The van der Waals surface area contributed by atoms with Crippen LogP contribution in [0.2, 0.25) is 10.6 Å². The van der Waals surface area contributed by atoms with E-state index in [-0.39, 0.29) is 10.6 Å². The Kier molecular flexibility index (Phi) is 8.73. The van der Waals surface area contributed by atoms with Crippen molar-refractivity contribution in [3.8, 4) is 34.4 Å². The zero-order chi connectivity index (χ0) is 33.0. The van der Waals surface area contributed by atoms with Crippen LogP contribution in [0.1, 0.15) is 11.1 Å². The van der Waals surface area contributed by atoms with Crippen LogP contribution in [0.25, 0.3) is 45.2 Å². The van der Waals surface area contributed by atoms with Gasteiger partial charge in [-0.3, -0.25) is 0 Å². The van der Waals surface area contributed by atoms with Crippen LogP contribution < -0.4 is 9.47 Å². The Balaban J connectivity index is 0.000000152. The fourth-order valence-corrected chi connectivity index (χ4v) is 5.42. The van der Waals surface area contributed by atoms with E-state index >= 15 is 0 Å². The molecule has 0 aliphatic carbocycles. The normalized spacial score (nSPS) is 11.1. The minimum atomic E-state index is 0.158. The van der Waals surface area contributed by atoms with Crippen molar-refractivity contribution < 1.29 is 18.3 Å². The first-order valence-corrected chi connectivity index (χ1v) is 15.3. The average molecular weight is 682 g/mol. The molecule has 48 heavy (non-hydrogen) atoms. The minimum absolute atomic E-state index is 0.158. The number of hydrogen-bond acceptors (Lipinski definition) is 10. The molecule has 0 amide bonds. The summed E-state index contributed by atoms with van der Waals surface area (Å²) < 4.78 is 25.1. The third-order valence-electron chi connectivity index (χ3n) is 7.41. The van der Waals surface area contributed by atoms with E-state index in [4.69, 9.17) is 41.5 Å². The molecule has 0 unspecified atom stereocenters. The number of rotatable bonds is 8. The number of benzene rings is 2. The molecule has 0 bridgehead atoms. The molecule has 0 N–H and O–H groups in total. The lowest BCUT2D eigenvalue weighted by Gasteiger charge is -2.06. The van der Waals surface area contributed by atoms with Gasteiger partial charge in [0.2, 0.25) is 10.6 Å². The van der Waals surface area contributed by atoms with Crippen molar-refractivity contribution in [1.29, 1.82) is 0 Å². The number of imidazole rings is 2. The van der Waals surface area contributed by atoms with Gasteiger partial charge in [0.05, 0.1) is 52.5 Å². The summed E-state index contributed by atoms with van der Waals surface area (Å²) in [4.78, 5) is 26.0. The summed E-state index contributed by atoms with van der Waals surface area (Å²) in [6.07, 6.45) is 6.63. The molecule has 6 heterocycles. The third kappa shape index (κ3) is 6.43. The Hall–Kier alpha value is -5.72. The number of furan rings is 2. The van der Waals surface area contributed by atoms with Crippen LogP contribution in [0.4, 0.5) is 0 Å². The zero-order valence-electron chi connectivity index (χ0n) is 25.6. The number of halogens is 2. The van der Waals surface area contributed by atoms with Crippen LogP contribution in [0.15, 0.2) is 107 Å². The number of hydrogen-bond donors (Lipinski definition) is 0. The van der Waals surface area contributed by atoms with Crippen LogP contribution in [0.3, 0.4) is 0 Å². The fourth-order valence-electron chi connectivity index (χ4n) is 5.09. The van der Waals surface area contributed by atoms with Crippen molar-refractivity contribution in [2.75, 3.05) is 14.2 Å². The van der Waals surface area contributed by atoms with E-state index in [1.807, 2.05) is 69.8 Å². The van der Waals surface area contributed by atoms with Crippen LogP contribution >= 0.6 is 23.2 Å². The topological polar surface area (TPSA) is 132 Å². The molecule has 2 aromatic carbocycles. The smallest absolute Gasteiger partial charge is 0.225 e. The van der Waals surface area contributed by atoms with Crippen molar-refractivity contribution in [3.05, 3.63) is 120 Å². The van der Waals surface area contributed by atoms with Gasteiger partial charge >= 0.3 is 0 Å². The van der Waals surface area contributed by atoms with Crippen molar-refractivity contribution in [2.45, 2.75) is 13.1 Å². The standard InChI is InChI=1S/2C17H13ClN4O2/c2*1-23-12-6-4-11(5-7-12)9-22-10-19-15-14(13-3-2-8-24-13)20-17(18)21-16(15)22/h2*2-8,10H,9H2,1H3. The average Bonchev–Trinajstić information content (AvgIpc) is 3.95. The molecule has 0 aliphatic heterocycles. The lowest BCUT2D eigenvalue weighted by molar-refractivity contribution is 0.414. The predicted molar refractivity (Wildman–Crippen MR) is 180 cm³/mol. The molecule has 0 saturated heterocycles. The van der Waals surface area contributed by atoms with Gasteiger partial charge in [0.1, 0.15) is 33.9 Å². The van der Waals surface area contributed by atoms with E-state index in [1.165, 1.54) is 0 Å². The Morgan fingerprint density at radius 2 is 1.00 bits per heavy atom. The second-order valence-corrected chi connectivity index (χ2v) is 11.1. The summed E-state index contributed by atoms with van der Waals surface area (Å²) in [6.45, 7) is 1.23. The zero-order valence-corrected chi connectivity index (χ0v) is 27.1.